The molecule has 0 radical (unpaired) electrons. The Morgan fingerprint density at radius 3 is 2.60 bits per heavy atom. The Kier molecular flexibility index (Phi) is 5.83. The van der Waals surface area contributed by atoms with Crippen molar-refractivity contribution in [2.75, 3.05) is 10.3 Å². The zero-order valence-corrected chi connectivity index (χ0v) is 14.7. The normalized spacial score (nSPS) is 13.5. The van der Waals surface area contributed by atoms with Crippen molar-refractivity contribution in [1.82, 2.24) is 0 Å². The molecule has 25 heavy (non-hydrogen) atoms. The fourth-order valence-electron chi connectivity index (χ4n) is 2.95. The highest BCUT2D eigenvalue weighted by Crippen LogP contribution is 2.25. The summed E-state index contributed by atoms with van der Waals surface area (Å²) >= 11 is 0. The molecule has 2 aromatic carbocycles. The van der Waals surface area contributed by atoms with Gasteiger partial charge in [-0.1, -0.05) is 44.4 Å². The van der Waals surface area contributed by atoms with Crippen LogP contribution in [0, 0.1) is 0 Å². The Hall–Kier alpha value is -2.62. The van der Waals surface area contributed by atoms with Crippen molar-refractivity contribution in [3.8, 4) is 0 Å². The van der Waals surface area contributed by atoms with Crippen molar-refractivity contribution in [3.63, 3.8) is 0 Å². The van der Waals surface area contributed by atoms with E-state index in [1.807, 2.05) is 24.3 Å². The van der Waals surface area contributed by atoms with Crippen molar-refractivity contribution in [3.05, 3.63) is 54.1 Å². The molecule has 2 aromatic rings. The van der Waals surface area contributed by atoms with E-state index in [0.717, 1.165) is 23.5 Å². The fourth-order valence-corrected chi connectivity index (χ4v) is 2.95. The standard InChI is InChI=1S/C21H25N3O/c1-2-3-4-5-7-17-10-12-18(13-11-17)23-19-8-6-9-20(16-19)24-21(25)14-15-22-24/h6,8-13,15-16,23H,2-5,7,14H2,1H3. The maximum atomic E-state index is 11.8. The second-order valence-corrected chi connectivity index (χ2v) is 6.39. The summed E-state index contributed by atoms with van der Waals surface area (Å²) in [5, 5.41) is 8.96. The molecule has 130 valence electrons. The average molecular weight is 335 g/mol. The number of nitrogens with zero attached hydrogens (tertiary/aromatic N) is 2. The number of aryl methyl sites for hydroxylation is 1. The lowest BCUT2D eigenvalue weighted by atomic mass is 10.1. The van der Waals surface area contributed by atoms with Crippen molar-refractivity contribution < 1.29 is 4.79 Å². The number of unbranched alkanes of at least 4 members (excludes halogenated alkanes) is 3. The lowest BCUT2D eigenvalue weighted by molar-refractivity contribution is -0.116. The molecule has 0 bridgehead atoms. The van der Waals surface area contributed by atoms with E-state index in [-0.39, 0.29) is 5.91 Å². The van der Waals surface area contributed by atoms with Crippen LogP contribution in [0.2, 0.25) is 0 Å². The van der Waals surface area contributed by atoms with E-state index >= 15 is 0 Å². The average Bonchev–Trinajstić information content (AvgIpc) is 3.06. The van der Waals surface area contributed by atoms with Crippen LogP contribution in [-0.4, -0.2) is 12.1 Å². The SMILES string of the molecule is CCCCCCc1ccc(Nc2cccc(N3N=CCC3=O)c2)cc1. The summed E-state index contributed by atoms with van der Waals surface area (Å²) < 4.78 is 0. The number of hydrogen-bond donors (Lipinski definition) is 1. The minimum atomic E-state index is 0.00424. The summed E-state index contributed by atoms with van der Waals surface area (Å²) in [5.41, 5.74) is 4.16. The van der Waals surface area contributed by atoms with E-state index in [1.165, 1.54) is 36.3 Å². The van der Waals surface area contributed by atoms with Crippen LogP contribution in [0.5, 0.6) is 0 Å². The third-order valence-corrected chi connectivity index (χ3v) is 4.35. The number of hydrazone groups is 1. The highest BCUT2D eigenvalue weighted by Gasteiger charge is 2.18. The number of nitrogens with one attached hydrogen (secondary N) is 1. The maximum Gasteiger partial charge on any atom is 0.252 e. The summed E-state index contributed by atoms with van der Waals surface area (Å²) in [6.45, 7) is 2.24. The van der Waals surface area contributed by atoms with Gasteiger partial charge >= 0.3 is 0 Å². The molecule has 0 saturated heterocycles. The molecule has 0 atom stereocenters. The number of anilines is 3. The van der Waals surface area contributed by atoms with Crippen LogP contribution in [0.1, 0.15) is 44.6 Å². The predicted molar refractivity (Wildman–Crippen MR) is 105 cm³/mol. The van der Waals surface area contributed by atoms with Gasteiger partial charge in [-0.2, -0.15) is 5.10 Å². The molecule has 0 aromatic heterocycles. The molecule has 1 N–H and O–H groups in total. The molecule has 0 fully saturated rings. The summed E-state index contributed by atoms with van der Waals surface area (Å²) in [6, 6.07) is 16.4. The molecular weight excluding hydrogens is 310 g/mol. The molecule has 3 rings (SSSR count). The fraction of sp³-hybridized carbons (Fsp3) is 0.333. The predicted octanol–water partition coefficient (Wildman–Crippen LogP) is 5.28. The Balaban J connectivity index is 1.60. The highest BCUT2D eigenvalue weighted by molar-refractivity contribution is 6.05. The zero-order chi connectivity index (χ0) is 17.5. The molecule has 0 spiro atoms. The molecule has 0 saturated carbocycles. The molecule has 1 aliphatic heterocycles. The number of benzene rings is 2. The van der Waals surface area contributed by atoms with Crippen LogP contribution in [0.25, 0.3) is 0 Å². The van der Waals surface area contributed by atoms with E-state index in [9.17, 15) is 4.79 Å². The van der Waals surface area contributed by atoms with Gasteiger partial charge in [0.25, 0.3) is 5.91 Å². The van der Waals surface area contributed by atoms with Crippen molar-refractivity contribution in [2.24, 2.45) is 5.10 Å². The Morgan fingerprint density at radius 1 is 1.04 bits per heavy atom. The Morgan fingerprint density at radius 2 is 1.88 bits per heavy atom. The van der Waals surface area contributed by atoms with E-state index in [4.69, 9.17) is 0 Å². The molecule has 1 heterocycles. The summed E-state index contributed by atoms with van der Waals surface area (Å²) in [5.74, 6) is 0.00424. The molecule has 0 unspecified atom stereocenters. The lowest BCUT2D eigenvalue weighted by Crippen LogP contribution is -2.19. The number of carbonyl (C=O) groups excluding carboxylic acids is 1. The summed E-state index contributed by atoms with van der Waals surface area (Å²) in [6.07, 6.45) is 8.31. The number of hydrogen-bond acceptors (Lipinski definition) is 3. The second-order valence-electron chi connectivity index (χ2n) is 6.39. The number of amides is 1. The molecule has 1 aliphatic rings. The monoisotopic (exact) mass is 335 g/mol. The molecule has 1 amide bonds. The van der Waals surface area contributed by atoms with Crippen LogP contribution in [0.4, 0.5) is 17.1 Å². The number of carbonyl (C=O) groups is 1. The molecular formula is C21H25N3O. The van der Waals surface area contributed by atoms with Crippen molar-refractivity contribution in [2.45, 2.75) is 45.4 Å². The zero-order valence-electron chi connectivity index (χ0n) is 14.7. The minimum Gasteiger partial charge on any atom is -0.355 e. The van der Waals surface area contributed by atoms with Gasteiger partial charge in [-0.25, -0.2) is 5.01 Å². The van der Waals surface area contributed by atoms with Crippen LogP contribution < -0.4 is 10.3 Å². The van der Waals surface area contributed by atoms with Crippen LogP contribution >= 0.6 is 0 Å². The van der Waals surface area contributed by atoms with Crippen molar-refractivity contribution >= 4 is 29.2 Å². The van der Waals surface area contributed by atoms with Gasteiger partial charge in [0.2, 0.25) is 0 Å². The van der Waals surface area contributed by atoms with Crippen molar-refractivity contribution in [1.29, 1.82) is 0 Å². The molecule has 0 aliphatic carbocycles. The quantitative estimate of drug-likeness (QED) is 0.667. The van der Waals surface area contributed by atoms with Crippen LogP contribution in [-0.2, 0) is 11.2 Å². The first-order chi connectivity index (χ1) is 12.3. The Labute approximate surface area is 149 Å². The largest absolute Gasteiger partial charge is 0.355 e. The van der Waals surface area contributed by atoms with Gasteiger partial charge in [-0.05, 0) is 48.7 Å². The van der Waals surface area contributed by atoms with Crippen LogP contribution in [0.15, 0.2) is 53.6 Å². The van der Waals surface area contributed by atoms with Gasteiger partial charge in [-0.15, -0.1) is 0 Å². The first kappa shape index (κ1) is 17.2. The Bertz CT molecular complexity index is 737. The second kappa shape index (κ2) is 8.47. The van der Waals surface area contributed by atoms with Gasteiger partial charge in [0.05, 0.1) is 12.1 Å². The smallest absolute Gasteiger partial charge is 0.252 e. The topological polar surface area (TPSA) is 44.7 Å². The summed E-state index contributed by atoms with van der Waals surface area (Å²) in [4.78, 5) is 11.8. The molecule has 4 nitrogen and oxygen atoms in total. The van der Waals surface area contributed by atoms with Gasteiger partial charge in [0.1, 0.15) is 0 Å². The first-order valence-corrected chi connectivity index (χ1v) is 9.07. The van der Waals surface area contributed by atoms with E-state index < -0.39 is 0 Å². The molecule has 4 heteroatoms. The van der Waals surface area contributed by atoms with E-state index in [2.05, 4.69) is 41.6 Å². The highest BCUT2D eigenvalue weighted by atomic mass is 16.2. The third-order valence-electron chi connectivity index (χ3n) is 4.35. The number of rotatable bonds is 8. The van der Waals surface area contributed by atoms with Crippen LogP contribution in [0.3, 0.4) is 0 Å². The van der Waals surface area contributed by atoms with E-state index in [0.29, 0.717) is 6.42 Å². The van der Waals surface area contributed by atoms with Gasteiger partial charge in [0, 0.05) is 17.6 Å². The van der Waals surface area contributed by atoms with Gasteiger partial charge in [-0.3, -0.25) is 4.79 Å². The minimum absolute atomic E-state index is 0.00424. The third kappa shape index (κ3) is 4.69. The lowest BCUT2D eigenvalue weighted by Gasteiger charge is -2.14. The van der Waals surface area contributed by atoms with Gasteiger partial charge < -0.3 is 5.32 Å². The maximum absolute atomic E-state index is 11.8. The first-order valence-electron chi connectivity index (χ1n) is 9.07. The van der Waals surface area contributed by atoms with E-state index in [1.54, 1.807) is 6.21 Å². The summed E-state index contributed by atoms with van der Waals surface area (Å²) in [7, 11) is 0. The van der Waals surface area contributed by atoms with Gasteiger partial charge in [0.15, 0.2) is 0 Å².